The summed E-state index contributed by atoms with van der Waals surface area (Å²) in [4.78, 5) is 25.8. The number of piperazine rings is 1. The number of likely N-dealkylation sites (tertiary alicyclic amines) is 1. The van der Waals surface area contributed by atoms with Crippen molar-refractivity contribution in [2.24, 2.45) is 10.9 Å². The molecule has 2 unspecified atom stereocenters. The first kappa shape index (κ1) is 31.6. The van der Waals surface area contributed by atoms with E-state index in [0.717, 1.165) is 36.8 Å². The van der Waals surface area contributed by atoms with Crippen molar-refractivity contribution in [2.45, 2.75) is 56.4 Å². The highest BCUT2D eigenvalue weighted by Gasteiger charge is 2.44. The number of rotatable bonds is 6. The second kappa shape index (κ2) is 13.2. The molecule has 6 rings (SSSR count). The third-order valence-corrected chi connectivity index (χ3v) is 9.84. The first-order valence-corrected chi connectivity index (χ1v) is 15.8. The van der Waals surface area contributed by atoms with Crippen LogP contribution in [0.15, 0.2) is 64.8 Å². The molecule has 2 saturated heterocycles. The Balaban J connectivity index is 1.39. The monoisotopic (exact) mass is 630 g/mol. The summed E-state index contributed by atoms with van der Waals surface area (Å²) in [5, 5.41) is 10.5. The second-order valence-corrected chi connectivity index (χ2v) is 12.6. The molecular weight excluding hydrogens is 593 g/mol. The molecular formula is C35H37F3N6O2. The predicted octanol–water partition coefficient (Wildman–Crippen LogP) is 4.96. The van der Waals surface area contributed by atoms with Gasteiger partial charge in [0.2, 0.25) is 12.4 Å². The van der Waals surface area contributed by atoms with Crippen LogP contribution in [0.4, 0.5) is 13.2 Å². The predicted molar refractivity (Wildman–Crippen MR) is 168 cm³/mol. The zero-order chi connectivity index (χ0) is 32.5. The Labute approximate surface area is 267 Å². The van der Waals surface area contributed by atoms with Crippen LogP contribution in [-0.4, -0.2) is 97.2 Å². The van der Waals surface area contributed by atoms with Crippen LogP contribution in [0.3, 0.4) is 0 Å². The van der Waals surface area contributed by atoms with Crippen molar-refractivity contribution in [2.75, 3.05) is 46.4 Å². The Morgan fingerprint density at radius 3 is 2.76 bits per heavy atom. The van der Waals surface area contributed by atoms with Gasteiger partial charge >= 0.3 is 0 Å². The zero-order valence-corrected chi connectivity index (χ0v) is 25.9. The van der Waals surface area contributed by atoms with E-state index in [1.54, 1.807) is 6.08 Å². The summed E-state index contributed by atoms with van der Waals surface area (Å²) in [6.07, 6.45) is 6.90. The molecule has 0 radical (unpaired) electrons. The van der Waals surface area contributed by atoms with Gasteiger partial charge in [0.25, 0.3) is 5.91 Å². The number of ether oxygens (including phenoxy) is 1. The molecule has 0 N–H and O–H groups in total. The molecule has 0 bridgehead atoms. The van der Waals surface area contributed by atoms with Gasteiger partial charge in [-0.1, -0.05) is 36.9 Å². The first-order chi connectivity index (χ1) is 22.2. The third-order valence-electron chi connectivity index (χ3n) is 9.84. The Hall–Kier alpha value is -4.35. The van der Waals surface area contributed by atoms with Gasteiger partial charge in [-0.05, 0) is 55.8 Å². The lowest BCUT2D eigenvalue weighted by molar-refractivity contribution is -0.132. The normalized spacial score (nSPS) is 27.9. The van der Waals surface area contributed by atoms with Gasteiger partial charge in [0.05, 0.1) is 0 Å². The molecule has 1 aromatic carbocycles. The van der Waals surface area contributed by atoms with E-state index in [1.165, 1.54) is 10.5 Å². The highest BCUT2D eigenvalue weighted by atomic mass is 19.1. The number of aryl methyl sites for hydroxylation is 1. The minimum atomic E-state index is -1.11. The number of likely N-dealkylation sites (N-methyl/N-ethyl adjacent to an activating group) is 1. The molecule has 0 saturated carbocycles. The van der Waals surface area contributed by atoms with E-state index in [4.69, 9.17) is 16.3 Å². The number of halogens is 3. The van der Waals surface area contributed by atoms with Crippen LogP contribution in [-0.2, 0) is 22.4 Å². The summed E-state index contributed by atoms with van der Waals surface area (Å²) in [7, 11) is 1.81. The van der Waals surface area contributed by atoms with E-state index >= 15 is 4.39 Å². The van der Waals surface area contributed by atoms with Crippen LogP contribution in [0.2, 0.25) is 0 Å². The topological polar surface area (TPSA) is 76.5 Å². The van der Waals surface area contributed by atoms with Gasteiger partial charge in [-0.2, -0.15) is 5.26 Å². The number of nitrogens with zero attached hydrogens (tertiary/aromatic N) is 6. The Morgan fingerprint density at radius 1 is 1.24 bits per heavy atom. The summed E-state index contributed by atoms with van der Waals surface area (Å²) in [5.41, 5.74) is 4.30. The van der Waals surface area contributed by atoms with E-state index in [9.17, 15) is 18.8 Å². The SMILES string of the molecule is [C-]#[N+]C[C@H]1CN(C2=C(C#N)C(OC[C@@H]3C[C@@H](F)CN3C)=NC3C(F)=C(c4cccc5c4CCCC5)C=CC23)CCN1C(=O)C(=C)F. The molecule has 2 fully saturated rings. The number of hydrogen-bond donors (Lipinski definition) is 0. The van der Waals surface area contributed by atoms with Crippen molar-refractivity contribution < 1.29 is 22.7 Å². The molecule has 46 heavy (non-hydrogen) atoms. The van der Waals surface area contributed by atoms with Crippen LogP contribution >= 0.6 is 0 Å². The minimum Gasteiger partial charge on any atom is -0.475 e. The van der Waals surface area contributed by atoms with Gasteiger partial charge in [0.1, 0.15) is 42.3 Å². The molecule has 3 heterocycles. The van der Waals surface area contributed by atoms with Crippen LogP contribution in [0.1, 0.15) is 36.0 Å². The standard InChI is InChI=1S/C35H37F3N6O2/c1-21(36)35(45)44-14-13-43(19-25(44)17-40-2)33-29-12-11-28(27-10-6-8-22-7-4-5-9-26(22)27)31(38)32(29)41-34(30(33)16-39)46-20-24-15-23(37)18-42(24)3/h6,8,10-12,23-25,29,32H,1,4-5,7,9,13-15,17-20H2,3H3/t23-,24+,25+,29?,32?/m1/s1. The lowest BCUT2D eigenvalue weighted by Gasteiger charge is -2.44. The van der Waals surface area contributed by atoms with Crippen molar-refractivity contribution in [3.63, 3.8) is 0 Å². The number of aliphatic imine (C=N–C) groups is 1. The quantitative estimate of drug-likeness (QED) is 0.328. The van der Waals surface area contributed by atoms with Gasteiger partial charge in [-0.25, -0.2) is 24.7 Å². The average Bonchev–Trinajstić information content (AvgIpc) is 3.39. The zero-order valence-electron chi connectivity index (χ0n) is 25.9. The van der Waals surface area contributed by atoms with Gasteiger partial charge < -0.3 is 19.4 Å². The van der Waals surface area contributed by atoms with Gasteiger partial charge in [-0.15, -0.1) is 0 Å². The van der Waals surface area contributed by atoms with Crippen molar-refractivity contribution in [1.82, 2.24) is 14.7 Å². The minimum absolute atomic E-state index is 0.00767. The molecule has 0 spiro atoms. The Kier molecular flexibility index (Phi) is 9.06. The first-order valence-electron chi connectivity index (χ1n) is 15.8. The third kappa shape index (κ3) is 5.85. The molecule has 240 valence electrons. The number of carbonyl (C=O) groups is 1. The molecule has 5 aliphatic rings. The number of hydrogen-bond acceptors (Lipinski definition) is 6. The van der Waals surface area contributed by atoms with Gasteiger partial charge in [0, 0.05) is 49.4 Å². The number of alkyl halides is 1. The fourth-order valence-electron chi connectivity index (χ4n) is 7.52. The number of benzene rings is 1. The lowest BCUT2D eigenvalue weighted by Crippen LogP contribution is -2.57. The molecule has 3 aliphatic heterocycles. The molecule has 11 heteroatoms. The maximum Gasteiger partial charge on any atom is 0.282 e. The molecule has 1 aromatic rings. The van der Waals surface area contributed by atoms with E-state index < -0.39 is 41.7 Å². The van der Waals surface area contributed by atoms with Crippen molar-refractivity contribution in [3.8, 4) is 6.07 Å². The van der Waals surface area contributed by atoms with Crippen LogP contribution in [0.25, 0.3) is 10.4 Å². The average molecular weight is 631 g/mol. The highest BCUT2D eigenvalue weighted by Crippen LogP contribution is 2.43. The van der Waals surface area contributed by atoms with Crippen LogP contribution < -0.4 is 0 Å². The molecule has 1 amide bonds. The number of dihydropyridines is 1. The van der Waals surface area contributed by atoms with E-state index in [-0.39, 0.29) is 63.3 Å². The molecule has 5 atom stereocenters. The number of allylic oxidation sites excluding steroid dienone is 2. The fourth-order valence-corrected chi connectivity index (χ4v) is 7.52. The molecule has 2 aliphatic carbocycles. The van der Waals surface area contributed by atoms with Crippen molar-refractivity contribution in [1.29, 1.82) is 5.26 Å². The highest BCUT2D eigenvalue weighted by molar-refractivity contribution is 6.00. The lowest BCUT2D eigenvalue weighted by atomic mass is 9.79. The summed E-state index contributed by atoms with van der Waals surface area (Å²) in [6.45, 7) is 11.3. The van der Waals surface area contributed by atoms with Gasteiger partial charge in [0.15, 0.2) is 5.83 Å². The number of fused-ring (bicyclic) bond motifs is 2. The maximum absolute atomic E-state index is 16.8. The van der Waals surface area contributed by atoms with Gasteiger partial charge in [-0.3, -0.25) is 9.69 Å². The molecule has 0 aromatic heterocycles. The molecule has 8 nitrogen and oxygen atoms in total. The van der Waals surface area contributed by atoms with Crippen LogP contribution in [0, 0.1) is 23.8 Å². The van der Waals surface area contributed by atoms with Crippen molar-refractivity contribution in [3.05, 3.63) is 88.0 Å². The maximum atomic E-state index is 16.8. The Bertz CT molecular complexity index is 1630. The fraction of sp³-hybridized carbons (Fsp3) is 0.486. The summed E-state index contributed by atoms with van der Waals surface area (Å²) >= 11 is 0. The van der Waals surface area contributed by atoms with E-state index in [2.05, 4.69) is 23.6 Å². The Morgan fingerprint density at radius 2 is 2.04 bits per heavy atom. The second-order valence-electron chi connectivity index (χ2n) is 12.6. The largest absolute Gasteiger partial charge is 0.475 e. The van der Waals surface area contributed by atoms with Crippen LogP contribution in [0.5, 0.6) is 0 Å². The van der Waals surface area contributed by atoms with E-state index in [1.807, 2.05) is 35.1 Å². The smallest absolute Gasteiger partial charge is 0.282 e. The summed E-state index contributed by atoms with van der Waals surface area (Å²) < 4.78 is 51.0. The van der Waals surface area contributed by atoms with E-state index in [0.29, 0.717) is 11.3 Å². The summed E-state index contributed by atoms with van der Waals surface area (Å²) in [5.74, 6) is -3.06. The number of amides is 1. The number of carbonyl (C=O) groups excluding carboxylic acids is 1. The summed E-state index contributed by atoms with van der Waals surface area (Å²) in [6, 6.07) is 6.31. The van der Waals surface area contributed by atoms with Crippen molar-refractivity contribution >= 4 is 17.4 Å². The number of nitriles is 1.